The van der Waals surface area contributed by atoms with Crippen LogP contribution < -0.4 is 20.1 Å². The molecule has 1 aliphatic heterocycles. The number of fused-ring (bicyclic) bond motifs is 1. The van der Waals surface area contributed by atoms with Crippen LogP contribution in [0.25, 0.3) is 11.5 Å². The van der Waals surface area contributed by atoms with Gasteiger partial charge in [-0.1, -0.05) is 25.8 Å². The number of anilines is 1. The first kappa shape index (κ1) is 26.1. The van der Waals surface area contributed by atoms with Crippen LogP contribution in [-0.4, -0.2) is 43.9 Å². The largest absolute Gasteiger partial charge is 0.494 e. The second-order valence-corrected chi connectivity index (χ2v) is 9.45. The molecule has 2 N–H and O–H groups in total. The first-order chi connectivity index (χ1) is 19.1. The van der Waals surface area contributed by atoms with Crippen molar-refractivity contribution in [1.29, 1.82) is 0 Å². The van der Waals surface area contributed by atoms with Crippen LogP contribution in [0, 0.1) is 0 Å². The summed E-state index contributed by atoms with van der Waals surface area (Å²) in [6, 6.07) is 14.9. The van der Waals surface area contributed by atoms with Gasteiger partial charge in [0.05, 0.1) is 25.8 Å². The SMILES string of the molecule is CCCCCOc1ccc2c(c1)[C@@H](NC(=O)c1cccc(NCc3nnc(-c4ccncn4)n3C)c1)CCO2. The summed E-state index contributed by atoms with van der Waals surface area (Å²) in [6.45, 7) is 3.84. The van der Waals surface area contributed by atoms with Gasteiger partial charge in [-0.2, -0.15) is 0 Å². The Bertz CT molecular complexity index is 1410. The molecule has 10 heteroatoms. The number of rotatable bonds is 11. The standard InChI is InChI=1S/C29H33N7O3/c1-3-4-5-14-38-22-9-10-26-23(17-22)24(12-15-39-26)33-29(37)20-7-6-8-21(16-20)31-18-27-34-35-28(36(27)2)25-11-13-30-19-32-25/h6-11,13,16-17,19,24,31H,3-5,12,14-15,18H2,1-2H3,(H,33,37)/t24-/m0/s1. The maximum atomic E-state index is 13.2. The van der Waals surface area contributed by atoms with Gasteiger partial charge in [-0.05, 0) is 48.9 Å². The summed E-state index contributed by atoms with van der Waals surface area (Å²) < 4.78 is 13.7. The third kappa shape index (κ3) is 6.34. The summed E-state index contributed by atoms with van der Waals surface area (Å²) >= 11 is 0. The van der Waals surface area contributed by atoms with Gasteiger partial charge in [0.25, 0.3) is 5.91 Å². The Morgan fingerprint density at radius 1 is 1.15 bits per heavy atom. The monoisotopic (exact) mass is 527 g/mol. The highest BCUT2D eigenvalue weighted by Crippen LogP contribution is 2.35. The predicted molar refractivity (Wildman–Crippen MR) is 148 cm³/mol. The van der Waals surface area contributed by atoms with Crippen molar-refractivity contribution >= 4 is 11.6 Å². The van der Waals surface area contributed by atoms with Gasteiger partial charge < -0.3 is 24.7 Å². The van der Waals surface area contributed by atoms with Crippen molar-refractivity contribution in [2.24, 2.45) is 7.05 Å². The van der Waals surface area contributed by atoms with E-state index in [1.807, 2.05) is 54.1 Å². The number of unbranched alkanes of at least 4 members (excludes halogenated alkanes) is 2. The Morgan fingerprint density at radius 3 is 2.92 bits per heavy atom. The van der Waals surface area contributed by atoms with E-state index in [4.69, 9.17) is 9.47 Å². The molecule has 5 rings (SSSR count). The number of ether oxygens (including phenoxy) is 2. The number of aromatic nitrogens is 5. The van der Waals surface area contributed by atoms with Gasteiger partial charge in [0.1, 0.15) is 23.5 Å². The quantitative estimate of drug-likeness (QED) is 0.270. The number of hydrogen-bond acceptors (Lipinski definition) is 8. The van der Waals surface area contributed by atoms with Gasteiger partial charge >= 0.3 is 0 Å². The van der Waals surface area contributed by atoms with Crippen molar-refractivity contribution in [3.05, 3.63) is 78.0 Å². The number of amides is 1. The molecule has 0 unspecified atom stereocenters. The molecule has 1 atom stereocenters. The number of carbonyl (C=O) groups excluding carboxylic acids is 1. The van der Waals surface area contributed by atoms with Crippen LogP contribution in [0.15, 0.2) is 61.1 Å². The lowest BCUT2D eigenvalue weighted by molar-refractivity contribution is 0.0924. The van der Waals surface area contributed by atoms with E-state index >= 15 is 0 Å². The fraction of sp³-hybridized carbons (Fsp3) is 0.345. The second-order valence-electron chi connectivity index (χ2n) is 9.45. The Balaban J connectivity index is 1.23. The lowest BCUT2D eigenvalue weighted by atomic mass is 9.99. The summed E-state index contributed by atoms with van der Waals surface area (Å²) in [7, 11) is 1.89. The molecule has 1 amide bonds. The molecular weight excluding hydrogens is 494 g/mol. The van der Waals surface area contributed by atoms with E-state index < -0.39 is 0 Å². The Hall–Kier alpha value is -4.47. The minimum absolute atomic E-state index is 0.143. The van der Waals surface area contributed by atoms with Crippen molar-refractivity contribution in [3.8, 4) is 23.0 Å². The van der Waals surface area contributed by atoms with Crippen molar-refractivity contribution < 1.29 is 14.3 Å². The van der Waals surface area contributed by atoms with Crippen LogP contribution in [0.4, 0.5) is 5.69 Å². The Morgan fingerprint density at radius 2 is 2.08 bits per heavy atom. The van der Waals surface area contributed by atoms with Crippen LogP contribution in [0.3, 0.4) is 0 Å². The molecule has 0 spiro atoms. The van der Waals surface area contributed by atoms with E-state index in [-0.39, 0.29) is 11.9 Å². The maximum Gasteiger partial charge on any atom is 0.251 e. The summed E-state index contributed by atoms with van der Waals surface area (Å²) in [4.78, 5) is 21.4. The number of hydrogen-bond donors (Lipinski definition) is 2. The van der Waals surface area contributed by atoms with E-state index in [0.717, 1.165) is 47.8 Å². The average molecular weight is 528 g/mol. The van der Waals surface area contributed by atoms with Crippen molar-refractivity contribution in [2.75, 3.05) is 18.5 Å². The molecule has 10 nitrogen and oxygen atoms in total. The zero-order valence-electron chi connectivity index (χ0n) is 22.3. The number of benzene rings is 2. The molecule has 39 heavy (non-hydrogen) atoms. The highest BCUT2D eigenvalue weighted by atomic mass is 16.5. The Labute approximate surface area is 227 Å². The maximum absolute atomic E-state index is 13.2. The van der Waals surface area contributed by atoms with Gasteiger partial charge in [-0.3, -0.25) is 4.79 Å². The Kier molecular flexibility index (Phi) is 8.30. The summed E-state index contributed by atoms with van der Waals surface area (Å²) in [6.07, 6.45) is 7.16. The van der Waals surface area contributed by atoms with Crippen molar-refractivity contribution in [3.63, 3.8) is 0 Å². The summed E-state index contributed by atoms with van der Waals surface area (Å²) in [5.41, 5.74) is 3.03. The fourth-order valence-corrected chi connectivity index (χ4v) is 4.51. The first-order valence-corrected chi connectivity index (χ1v) is 13.3. The van der Waals surface area contributed by atoms with Crippen molar-refractivity contribution in [1.82, 2.24) is 30.0 Å². The third-order valence-corrected chi connectivity index (χ3v) is 6.69. The number of carbonyl (C=O) groups is 1. The molecule has 0 bridgehead atoms. The molecule has 1 aliphatic rings. The highest BCUT2D eigenvalue weighted by Gasteiger charge is 2.24. The topological polar surface area (TPSA) is 116 Å². The van der Waals surface area contributed by atoms with Crippen LogP contribution in [0.1, 0.15) is 60.4 Å². The van der Waals surface area contributed by atoms with Crippen LogP contribution in [0.2, 0.25) is 0 Å². The highest BCUT2D eigenvalue weighted by molar-refractivity contribution is 5.95. The molecule has 2 aromatic carbocycles. The molecule has 4 aromatic rings. The number of nitrogens with zero attached hydrogens (tertiary/aromatic N) is 5. The molecule has 0 radical (unpaired) electrons. The molecule has 2 aromatic heterocycles. The van der Waals surface area contributed by atoms with E-state index in [0.29, 0.717) is 43.3 Å². The smallest absolute Gasteiger partial charge is 0.251 e. The molecule has 0 aliphatic carbocycles. The second kappa shape index (κ2) is 12.4. The van der Waals surface area contributed by atoms with Gasteiger partial charge in [0.15, 0.2) is 11.6 Å². The first-order valence-electron chi connectivity index (χ1n) is 13.3. The molecule has 3 heterocycles. The zero-order valence-corrected chi connectivity index (χ0v) is 22.3. The average Bonchev–Trinajstić information content (AvgIpc) is 3.35. The third-order valence-electron chi connectivity index (χ3n) is 6.69. The van der Waals surface area contributed by atoms with Crippen LogP contribution in [-0.2, 0) is 13.6 Å². The van der Waals surface area contributed by atoms with Crippen LogP contribution in [0.5, 0.6) is 11.5 Å². The summed E-state index contributed by atoms with van der Waals surface area (Å²) in [5, 5.41) is 15.1. The summed E-state index contributed by atoms with van der Waals surface area (Å²) in [5.74, 6) is 2.84. The fourth-order valence-electron chi connectivity index (χ4n) is 4.51. The van der Waals surface area contributed by atoms with Gasteiger partial charge in [0.2, 0.25) is 0 Å². The molecule has 0 saturated carbocycles. The van der Waals surface area contributed by atoms with Gasteiger partial charge in [0, 0.05) is 36.5 Å². The van der Waals surface area contributed by atoms with Crippen LogP contribution >= 0.6 is 0 Å². The molecule has 0 fully saturated rings. The molecule has 0 saturated heterocycles. The minimum atomic E-state index is -0.157. The van der Waals surface area contributed by atoms with Gasteiger partial charge in [-0.15, -0.1) is 10.2 Å². The molecule has 202 valence electrons. The minimum Gasteiger partial charge on any atom is -0.494 e. The van der Waals surface area contributed by atoms with E-state index in [2.05, 4.69) is 37.7 Å². The predicted octanol–water partition coefficient (Wildman–Crippen LogP) is 4.71. The molecular formula is C29H33N7O3. The van der Waals surface area contributed by atoms with Crippen molar-refractivity contribution in [2.45, 2.75) is 45.2 Å². The normalized spacial score (nSPS) is 14.3. The lowest BCUT2D eigenvalue weighted by Gasteiger charge is -2.27. The zero-order chi connectivity index (χ0) is 27.0. The number of nitrogens with one attached hydrogen (secondary N) is 2. The van der Waals surface area contributed by atoms with E-state index in [1.165, 1.54) is 6.33 Å². The van der Waals surface area contributed by atoms with Gasteiger partial charge in [-0.25, -0.2) is 9.97 Å². The lowest BCUT2D eigenvalue weighted by Crippen LogP contribution is -2.32. The van der Waals surface area contributed by atoms with E-state index in [1.54, 1.807) is 12.3 Å². The van der Waals surface area contributed by atoms with E-state index in [9.17, 15) is 4.79 Å².